The Bertz CT molecular complexity index is 98.6. The lowest BCUT2D eigenvalue weighted by molar-refractivity contribution is 0.213. The molecule has 0 nitrogen and oxygen atoms in total. The summed E-state index contributed by atoms with van der Waals surface area (Å²) in [6.07, 6.45) is 7.46. The summed E-state index contributed by atoms with van der Waals surface area (Å²) in [4.78, 5) is 0. The van der Waals surface area contributed by atoms with Crippen molar-refractivity contribution < 1.29 is 0 Å². The number of hydrogen-bond donors (Lipinski definition) is 0. The van der Waals surface area contributed by atoms with E-state index in [1.807, 2.05) is 13.8 Å². The fourth-order valence-corrected chi connectivity index (χ4v) is 2.20. The van der Waals surface area contributed by atoms with Crippen molar-refractivity contribution in [2.24, 2.45) is 17.8 Å². The molecular weight excluding hydrogens is 168 g/mol. The van der Waals surface area contributed by atoms with Crippen LogP contribution < -0.4 is 0 Å². The van der Waals surface area contributed by atoms with Crippen molar-refractivity contribution in [3.63, 3.8) is 0 Å². The van der Waals surface area contributed by atoms with E-state index < -0.39 is 0 Å². The van der Waals surface area contributed by atoms with Gasteiger partial charge in [0.1, 0.15) is 0 Å². The summed E-state index contributed by atoms with van der Waals surface area (Å²) in [6, 6.07) is 0. The largest absolute Gasteiger partial charge is 0.0776 e. The van der Waals surface area contributed by atoms with Gasteiger partial charge in [0.05, 0.1) is 0 Å². The smallest absolute Gasteiger partial charge is 0.0386 e. The standard InChI is InChI=1S/C11H22.C2H6.CH4/c1-9(2)10(3)11-7-5-4-6-8-11;1-2;/h9-11H,4-8H2,1-3H3;1-2H3;1H4. The molecule has 0 aromatic heterocycles. The van der Waals surface area contributed by atoms with Gasteiger partial charge in [0.2, 0.25) is 0 Å². The zero-order valence-corrected chi connectivity index (χ0v) is 10.3. The van der Waals surface area contributed by atoms with Crippen molar-refractivity contribution >= 4 is 0 Å². The van der Waals surface area contributed by atoms with Crippen LogP contribution >= 0.6 is 0 Å². The Morgan fingerprint density at radius 2 is 1.29 bits per heavy atom. The Labute approximate surface area is 92.5 Å². The van der Waals surface area contributed by atoms with Gasteiger partial charge in [-0.15, -0.1) is 0 Å². The van der Waals surface area contributed by atoms with Gasteiger partial charge >= 0.3 is 0 Å². The molecule has 1 unspecified atom stereocenters. The van der Waals surface area contributed by atoms with Crippen molar-refractivity contribution in [1.82, 2.24) is 0 Å². The maximum Gasteiger partial charge on any atom is -0.0386 e. The second-order valence-corrected chi connectivity index (χ2v) is 4.50. The minimum Gasteiger partial charge on any atom is -0.0776 e. The van der Waals surface area contributed by atoms with E-state index in [-0.39, 0.29) is 7.43 Å². The Morgan fingerprint density at radius 1 is 0.857 bits per heavy atom. The van der Waals surface area contributed by atoms with E-state index in [9.17, 15) is 0 Å². The molecule has 0 heterocycles. The lowest BCUT2D eigenvalue weighted by Crippen LogP contribution is -2.19. The third-order valence-electron chi connectivity index (χ3n) is 3.44. The molecule has 1 aliphatic carbocycles. The van der Waals surface area contributed by atoms with E-state index in [2.05, 4.69) is 20.8 Å². The molecule has 14 heavy (non-hydrogen) atoms. The molecule has 1 rings (SSSR count). The molecule has 0 amide bonds. The Balaban J connectivity index is 0. The number of rotatable bonds is 2. The fourth-order valence-electron chi connectivity index (χ4n) is 2.20. The molecule has 0 N–H and O–H groups in total. The maximum atomic E-state index is 2.43. The highest BCUT2D eigenvalue weighted by atomic mass is 14.3. The molecule has 0 bridgehead atoms. The molecule has 0 saturated heterocycles. The molecule has 0 aromatic rings. The minimum absolute atomic E-state index is 0. The third-order valence-corrected chi connectivity index (χ3v) is 3.44. The highest BCUT2D eigenvalue weighted by molar-refractivity contribution is 4.72. The van der Waals surface area contributed by atoms with Gasteiger partial charge in [-0.3, -0.25) is 0 Å². The van der Waals surface area contributed by atoms with Gasteiger partial charge in [-0.1, -0.05) is 74.1 Å². The average molecular weight is 200 g/mol. The first-order valence-corrected chi connectivity index (χ1v) is 6.22. The Morgan fingerprint density at radius 3 is 1.64 bits per heavy atom. The summed E-state index contributed by atoms with van der Waals surface area (Å²) in [5.74, 6) is 2.89. The Hall–Kier alpha value is 0. The Kier molecular flexibility index (Phi) is 11.2. The van der Waals surface area contributed by atoms with Crippen molar-refractivity contribution in [1.29, 1.82) is 0 Å². The molecule has 88 valence electrons. The molecule has 0 heteroatoms. The van der Waals surface area contributed by atoms with E-state index in [4.69, 9.17) is 0 Å². The van der Waals surface area contributed by atoms with Crippen LogP contribution in [0.4, 0.5) is 0 Å². The van der Waals surface area contributed by atoms with Crippen molar-refractivity contribution in [3.8, 4) is 0 Å². The second kappa shape index (κ2) is 9.55. The fraction of sp³-hybridized carbons (Fsp3) is 1.00. The van der Waals surface area contributed by atoms with E-state index in [0.717, 1.165) is 17.8 Å². The molecule has 0 radical (unpaired) electrons. The topological polar surface area (TPSA) is 0 Å². The van der Waals surface area contributed by atoms with Gasteiger partial charge in [0.15, 0.2) is 0 Å². The molecule has 0 spiro atoms. The molecule has 0 aromatic carbocycles. The van der Waals surface area contributed by atoms with E-state index in [1.54, 1.807) is 0 Å². The third kappa shape index (κ3) is 5.67. The van der Waals surface area contributed by atoms with Gasteiger partial charge in [-0.2, -0.15) is 0 Å². The summed E-state index contributed by atoms with van der Waals surface area (Å²) in [7, 11) is 0. The predicted octanol–water partition coefficient (Wildman–Crippen LogP) is 5.52. The molecular formula is C14H32. The van der Waals surface area contributed by atoms with Crippen molar-refractivity contribution in [3.05, 3.63) is 0 Å². The maximum absolute atomic E-state index is 2.43. The van der Waals surface area contributed by atoms with Gasteiger partial charge < -0.3 is 0 Å². The first-order valence-electron chi connectivity index (χ1n) is 6.22. The first-order chi connectivity index (χ1) is 6.22. The van der Waals surface area contributed by atoms with E-state index in [1.165, 1.54) is 32.1 Å². The minimum atomic E-state index is 0. The quantitative estimate of drug-likeness (QED) is 0.550. The molecule has 1 aliphatic rings. The highest BCUT2D eigenvalue weighted by Crippen LogP contribution is 2.33. The zero-order chi connectivity index (χ0) is 10.3. The molecule has 1 atom stereocenters. The van der Waals surface area contributed by atoms with Crippen LogP contribution in [0.5, 0.6) is 0 Å². The van der Waals surface area contributed by atoms with Gasteiger partial charge in [0, 0.05) is 0 Å². The molecule has 1 saturated carbocycles. The monoisotopic (exact) mass is 200 g/mol. The lowest BCUT2D eigenvalue weighted by atomic mass is 9.76. The summed E-state index contributed by atoms with van der Waals surface area (Å²) >= 11 is 0. The summed E-state index contributed by atoms with van der Waals surface area (Å²) in [5, 5.41) is 0. The van der Waals surface area contributed by atoms with Crippen LogP contribution in [-0.2, 0) is 0 Å². The van der Waals surface area contributed by atoms with Crippen LogP contribution in [0.25, 0.3) is 0 Å². The summed E-state index contributed by atoms with van der Waals surface area (Å²) < 4.78 is 0. The van der Waals surface area contributed by atoms with Crippen LogP contribution in [0.1, 0.15) is 74.1 Å². The van der Waals surface area contributed by atoms with Crippen LogP contribution in [0.3, 0.4) is 0 Å². The summed E-state index contributed by atoms with van der Waals surface area (Å²) in [5.41, 5.74) is 0. The SMILES string of the molecule is C.CC.CC(C)C(C)C1CCCCC1. The number of hydrogen-bond acceptors (Lipinski definition) is 0. The predicted molar refractivity (Wildman–Crippen MR) is 68.7 cm³/mol. The van der Waals surface area contributed by atoms with Crippen molar-refractivity contribution in [2.75, 3.05) is 0 Å². The van der Waals surface area contributed by atoms with E-state index >= 15 is 0 Å². The van der Waals surface area contributed by atoms with Gasteiger partial charge in [0.25, 0.3) is 0 Å². The van der Waals surface area contributed by atoms with Crippen molar-refractivity contribution in [2.45, 2.75) is 74.1 Å². The van der Waals surface area contributed by atoms with Crippen LogP contribution in [0.2, 0.25) is 0 Å². The summed E-state index contributed by atoms with van der Waals surface area (Å²) in [6.45, 7) is 11.2. The van der Waals surface area contributed by atoms with Gasteiger partial charge in [-0.25, -0.2) is 0 Å². The van der Waals surface area contributed by atoms with Gasteiger partial charge in [-0.05, 0) is 17.8 Å². The van der Waals surface area contributed by atoms with Crippen LogP contribution in [-0.4, -0.2) is 0 Å². The molecule has 1 fully saturated rings. The zero-order valence-electron chi connectivity index (χ0n) is 10.3. The van der Waals surface area contributed by atoms with E-state index in [0.29, 0.717) is 0 Å². The highest BCUT2D eigenvalue weighted by Gasteiger charge is 2.21. The average Bonchev–Trinajstić information content (AvgIpc) is 2.21. The molecule has 0 aliphatic heterocycles. The lowest BCUT2D eigenvalue weighted by Gasteiger charge is -2.30. The van der Waals surface area contributed by atoms with Crippen LogP contribution in [0.15, 0.2) is 0 Å². The normalized spacial score (nSPS) is 19.3. The second-order valence-electron chi connectivity index (χ2n) is 4.50. The first kappa shape index (κ1) is 16.4. The van der Waals surface area contributed by atoms with Crippen LogP contribution in [0, 0.1) is 17.8 Å².